The predicted molar refractivity (Wildman–Crippen MR) is 76.5 cm³/mol. The highest BCUT2D eigenvalue weighted by atomic mass is 16.3. The summed E-state index contributed by atoms with van der Waals surface area (Å²) in [6.07, 6.45) is 0.900. The average molecular weight is 250 g/mol. The summed E-state index contributed by atoms with van der Waals surface area (Å²) in [5, 5.41) is 9.74. The fourth-order valence-electron chi connectivity index (χ4n) is 2.26. The largest absolute Gasteiger partial charge is 0.389 e. The van der Waals surface area contributed by atoms with E-state index in [0.717, 1.165) is 13.0 Å². The van der Waals surface area contributed by atoms with Crippen molar-refractivity contribution in [3.8, 4) is 0 Å². The fraction of sp³-hybridized carbons (Fsp3) is 0.600. The third-order valence-corrected chi connectivity index (χ3v) is 3.07. The molecule has 0 aliphatic rings. The van der Waals surface area contributed by atoms with Crippen LogP contribution in [0.3, 0.4) is 0 Å². The maximum absolute atomic E-state index is 9.74. The van der Waals surface area contributed by atoms with Crippen molar-refractivity contribution in [2.45, 2.75) is 38.8 Å². The smallest absolute Gasteiger partial charge is 0.0718 e. The zero-order valence-electron chi connectivity index (χ0n) is 12.0. The van der Waals surface area contributed by atoms with E-state index in [2.05, 4.69) is 24.0 Å². The van der Waals surface area contributed by atoms with E-state index in [1.807, 2.05) is 33.0 Å². The van der Waals surface area contributed by atoms with Crippen molar-refractivity contribution >= 4 is 0 Å². The second-order valence-electron chi connectivity index (χ2n) is 5.80. The van der Waals surface area contributed by atoms with Gasteiger partial charge in [0.1, 0.15) is 0 Å². The lowest BCUT2D eigenvalue weighted by atomic mass is 9.99. The number of hydrogen-bond donors (Lipinski definition) is 2. The first-order chi connectivity index (χ1) is 8.29. The molecule has 0 radical (unpaired) electrons. The van der Waals surface area contributed by atoms with E-state index < -0.39 is 5.60 Å². The van der Waals surface area contributed by atoms with Gasteiger partial charge < -0.3 is 15.7 Å². The normalized spacial score (nSPS) is 13.9. The summed E-state index contributed by atoms with van der Waals surface area (Å²) in [5.41, 5.74) is 8.03. The van der Waals surface area contributed by atoms with Gasteiger partial charge in [0.2, 0.25) is 0 Å². The Hall–Kier alpha value is -0.900. The zero-order chi connectivity index (χ0) is 13.8. The lowest BCUT2D eigenvalue weighted by molar-refractivity contribution is 0.0438. The van der Waals surface area contributed by atoms with Crippen LogP contribution in [0, 0.1) is 6.92 Å². The molecule has 0 aliphatic heterocycles. The molecule has 1 unspecified atom stereocenters. The molecule has 102 valence electrons. The molecule has 0 amide bonds. The molecule has 0 spiro atoms. The van der Waals surface area contributed by atoms with Crippen LogP contribution in [-0.2, 0) is 0 Å². The van der Waals surface area contributed by atoms with E-state index in [-0.39, 0.29) is 6.04 Å². The van der Waals surface area contributed by atoms with Crippen molar-refractivity contribution in [1.82, 2.24) is 4.90 Å². The number of aryl methyl sites for hydroxylation is 1. The molecule has 0 heterocycles. The van der Waals surface area contributed by atoms with E-state index in [4.69, 9.17) is 5.73 Å². The number of rotatable bonds is 6. The van der Waals surface area contributed by atoms with Crippen LogP contribution in [0.25, 0.3) is 0 Å². The predicted octanol–water partition coefficient (Wildman–Crippen LogP) is 2.09. The second-order valence-corrected chi connectivity index (χ2v) is 5.80. The Labute approximate surface area is 111 Å². The summed E-state index contributed by atoms with van der Waals surface area (Å²) in [6, 6.07) is 8.32. The van der Waals surface area contributed by atoms with Crippen LogP contribution in [0.15, 0.2) is 24.3 Å². The van der Waals surface area contributed by atoms with Crippen molar-refractivity contribution in [3.05, 3.63) is 35.4 Å². The Morgan fingerprint density at radius 2 is 1.94 bits per heavy atom. The summed E-state index contributed by atoms with van der Waals surface area (Å²) in [5.74, 6) is 0. The van der Waals surface area contributed by atoms with Crippen molar-refractivity contribution in [2.75, 3.05) is 20.1 Å². The van der Waals surface area contributed by atoms with Gasteiger partial charge in [0, 0.05) is 12.6 Å². The first kappa shape index (κ1) is 15.2. The number of hydrogen-bond acceptors (Lipinski definition) is 3. The number of nitrogens with two attached hydrogens (primary N) is 1. The minimum Gasteiger partial charge on any atom is -0.389 e. The summed E-state index contributed by atoms with van der Waals surface area (Å²) in [7, 11) is 2.02. The summed E-state index contributed by atoms with van der Waals surface area (Å²) in [4.78, 5) is 2.12. The summed E-state index contributed by atoms with van der Waals surface area (Å²) in [6.45, 7) is 7.29. The molecule has 18 heavy (non-hydrogen) atoms. The maximum atomic E-state index is 9.74. The van der Waals surface area contributed by atoms with Crippen molar-refractivity contribution in [2.24, 2.45) is 5.73 Å². The van der Waals surface area contributed by atoms with Gasteiger partial charge >= 0.3 is 0 Å². The minimum absolute atomic E-state index is 0.0652. The van der Waals surface area contributed by atoms with Gasteiger partial charge in [-0.15, -0.1) is 0 Å². The molecule has 0 aliphatic carbocycles. The van der Waals surface area contributed by atoms with Crippen LogP contribution >= 0.6 is 0 Å². The number of benzene rings is 1. The molecule has 3 N–H and O–H groups in total. The van der Waals surface area contributed by atoms with Crippen LogP contribution in [0.5, 0.6) is 0 Å². The van der Waals surface area contributed by atoms with E-state index in [9.17, 15) is 5.11 Å². The zero-order valence-corrected chi connectivity index (χ0v) is 12.0. The number of nitrogens with zero attached hydrogens (tertiary/aromatic N) is 1. The van der Waals surface area contributed by atoms with Gasteiger partial charge in [-0.05, 0) is 51.9 Å². The molecule has 1 atom stereocenters. The highest BCUT2D eigenvalue weighted by molar-refractivity contribution is 5.28. The molecular weight excluding hydrogens is 224 g/mol. The molecule has 0 bridgehead atoms. The van der Waals surface area contributed by atoms with Gasteiger partial charge in [0.05, 0.1) is 5.60 Å². The Balaban J connectivity index is 2.47. The minimum atomic E-state index is -0.651. The Morgan fingerprint density at radius 3 is 2.50 bits per heavy atom. The van der Waals surface area contributed by atoms with Crippen LogP contribution in [0.4, 0.5) is 0 Å². The molecule has 3 nitrogen and oxygen atoms in total. The standard InChI is InChI=1S/C15H26N2O/c1-12-7-5-6-8-13(12)14(16)9-10-17(4)11-15(2,3)18/h5-8,14,18H,9-11,16H2,1-4H3. The van der Waals surface area contributed by atoms with Gasteiger partial charge in [-0.1, -0.05) is 24.3 Å². The molecule has 0 saturated carbocycles. The maximum Gasteiger partial charge on any atom is 0.0718 e. The highest BCUT2D eigenvalue weighted by Gasteiger charge is 2.16. The Kier molecular flexibility index (Phi) is 5.32. The fourth-order valence-corrected chi connectivity index (χ4v) is 2.26. The highest BCUT2D eigenvalue weighted by Crippen LogP contribution is 2.18. The lowest BCUT2D eigenvalue weighted by Crippen LogP contribution is -2.37. The van der Waals surface area contributed by atoms with Crippen molar-refractivity contribution in [1.29, 1.82) is 0 Å². The molecule has 0 fully saturated rings. The monoisotopic (exact) mass is 250 g/mol. The van der Waals surface area contributed by atoms with Crippen LogP contribution in [0.2, 0.25) is 0 Å². The summed E-state index contributed by atoms with van der Waals surface area (Å²) < 4.78 is 0. The van der Waals surface area contributed by atoms with Crippen LogP contribution in [-0.4, -0.2) is 35.7 Å². The lowest BCUT2D eigenvalue weighted by Gasteiger charge is -2.26. The second kappa shape index (κ2) is 6.32. The van der Waals surface area contributed by atoms with Crippen LogP contribution < -0.4 is 5.73 Å². The number of likely N-dealkylation sites (N-methyl/N-ethyl adjacent to an activating group) is 1. The molecule has 1 rings (SSSR count). The molecule has 1 aromatic rings. The SMILES string of the molecule is Cc1ccccc1C(N)CCN(C)CC(C)(C)O. The molecule has 1 aromatic carbocycles. The first-order valence-corrected chi connectivity index (χ1v) is 6.51. The third kappa shape index (κ3) is 5.17. The van der Waals surface area contributed by atoms with E-state index in [1.165, 1.54) is 11.1 Å². The van der Waals surface area contributed by atoms with Gasteiger partial charge in [0.15, 0.2) is 0 Å². The average Bonchev–Trinajstić information content (AvgIpc) is 2.24. The first-order valence-electron chi connectivity index (χ1n) is 6.51. The molecule has 3 heteroatoms. The van der Waals surface area contributed by atoms with Crippen molar-refractivity contribution < 1.29 is 5.11 Å². The van der Waals surface area contributed by atoms with E-state index in [0.29, 0.717) is 6.54 Å². The topological polar surface area (TPSA) is 49.5 Å². The molecular formula is C15H26N2O. The van der Waals surface area contributed by atoms with E-state index in [1.54, 1.807) is 0 Å². The third-order valence-electron chi connectivity index (χ3n) is 3.07. The van der Waals surface area contributed by atoms with Gasteiger partial charge in [0.25, 0.3) is 0 Å². The van der Waals surface area contributed by atoms with Gasteiger partial charge in [-0.3, -0.25) is 0 Å². The Bertz CT molecular complexity index is 371. The Morgan fingerprint density at radius 1 is 1.33 bits per heavy atom. The van der Waals surface area contributed by atoms with Gasteiger partial charge in [-0.25, -0.2) is 0 Å². The number of aliphatic hydroxyl groups is 1. The molecule has 0 saturated heterocycles. The van der Waals surface area contributed by atoms with E-state index >= 15 is 0 Å². The van der Waals surface area contributed by atoms with Gasteiger partial charge in [-0.2, -0.15) is 0 Å². The van der Waals surface area contributed by atoms with Crippen LogP contribution in [0.1, 0.15) is 37.4 Å². The van der Waals surface area contributed by atoms with Crippen molar-refractivity contribution in [3.63, 3.8) is 0 Å². The summed E-state index contributed by atoms with van der Waals surface area (Å²) >= 11 is 0. The quantitative estimate of drug-likeness (QED) is 0.813. The molecule has 0 aromatic heterocycles.